The van der Waals surface area contributed by atoms with Crippen molar-refractivity contribution in [3.8, 4) is 6.07 Å². The molecule has 3 heteroatoms. The van der Waals surface area contributed by atoms with E-state index in [0.717, 1.165) is 36.9 Å². The minimum Gasteiger partial charge on any atom is -0.326 e. The van der Waals surface area contributed by atoms with Crippen LogP contribution in [0.5, 0.6) is 0 Å². The maximum absolute atomic E-state index is 11.0. The Morgan fingerprint density at radius 1 is 1.05 bits per heavy atom. The number of unbranched alkanes of at least 4 members (excludes halogenated alkanes) is 1. The van der Waals surface area contributed by atoms with Crippen LogP contribution < -0.4 is 5.32 Å². The molecule has 0 spiro atoms. The lowest BCUT2D eigenvalue weighted by Gasteiger charge is -2.05. The van der Waals surface area contributed by atoms with Crippen LogP contribution in [0.4, 0.5) is 5.69 Å². The standard InChI is InChI=1S/C19H20N2O/c1-15(22)21-19-11-9-16(10-12-19)5-2-3-6-17-7-4-8-18(13-17)14-20/h4,7-13H,2-3,5-6H2,1H3,(H,21,22). The zero-order valence-electron chi connectivity index (χ0n) is 12.8. The number of anilines is 1. The Kier molecular flexibility index (Phi) is 5.73. The minimum absolute atomic E-state index is 0.0488. The molecule has 22 heavy (non-hydrogen) atoms. The molecule has 112 valence electrons. The first-order valence-corrected chi connectivity index (χ1v) is 7.53. The Morgan fingerprint density at radius 2 is 1.73 bits per heavy atom. The quantitative estimate of drug-likeness (QED) is 0.815. The molecule has 0 aliphatic carbocycles. The van der Waals surface area contributed by atoms with Gasteiger partial charge in [0.15, 0.2) is 0 Å². The molecule has 1 N–H and O–H groups in total. The van der Waals surface area contributed by atoms with Crippen LogP contribution in [0.2, 0.25) is 0 Å². The molecule has 0 saturated carbocycles. The van der Waals surface area contributed by atoms with Crippen LogP contribution in [0.3, 0.4) is 0 Å². The number of nitrogens with one attached hydrogen (secondary N) is 1. The van der Waals surface area contributed by atoms with Gasteiger partial charge in [-0.25, -0.2) is 0 Å². The molecule has 0 aliphatic heterocycles. The number of aryl methyl sites for hydroxylation is 2. The Bertz CT molecular complexity index is 669. The van der Waals surface area contributed by atoms with Crippen LogP contribution >= 0.6 is 0 Å². The Hall–Kier alpha value is -2.60. The lowest BCUT2D eigenvalue weighted by Crippen LogP contribution is -2.05. The molecule has 0 atom stereocenters. The average Bonchev–Trinajstić information content (AvgIpc) is 2.53. The molecule has 2 aromatic rings. The van der Waals surface area contributed by atoms with Gasteiger partial charge in [0.1, 0.15) is 0 Å². The lowest BCUT2D eigenvalue weighted by atomic mass is 10.0. The van der Waals surface area contributed by atoms with Gasteiger partial charge in [0.25, 0.3) is 0 Å². The summed E-state index contributed by atoms with van der Waals surface area (Å²) in [6.45, 7) is 1.51. The third kappa shape index (κ3) is 5.06. The molecule has 0 aliphatic rings. The first-order valence-electron chi connectivity index (χ1n) is 7.53. The maximum atomic E-state index is 11.0. The fourth-order valence-corrected chi connectivity index (χ4v) is 2.41. The molecule has 0 heterocycles. The zero-order chi connectivity index (χ0) is 15.8. The van der Waals surface area contributed by atoms with Gasteiger partial charge in [-0.2, -0.15) is 5.26 Å². The Balaban J connectivity index is 1.76. The highest BCUT2D eigenvalue weighted by molar-refractivity contribution is 5.88. The number of nitriles is 1. The summed E-state index contributed by atoms with van der Waals surface area (Å²) in [4.78, 5) is 11.0. The van der Waals surface area contributed by atoms with E-state index in [1.54, 1.807) is 0 Å². The summed E-state index contributed by atoms with van der Waals surface area (Å²) in [6.07, 6.45) is 4.23. The van der Waals surface area contributed by atoms with E-state index in [0.29, 0.717) is 0 Å². The van der Waals surface area contributed by atoms with Gasteiger partial charge in [0.05, 0.1) is 11.6 Å². The van der Waals surface area contributed by atoms with Crippen molar-refractivity contribution in [2.45, 2.75) is 32.6 Å². The smallest absolute Gasteiger partial charge is 0.221 e. The van der Waals surface area contributed by atoms with Crippen molar-refractivity contribution in [2.75, 3.05) is 5.32 Å². The topological polar surface area (TPSA) is 52.9 Å². The molecule has 0 aromatic heterocycles. The molecule has 2 aromatic carbocycles. The van der Waals surface area contributed by atoms with Gasteiger partial charge in [0, 0.05) is 12.6 Å². The highest BCUT2D eigenvalue weighted by Gasteiger charge is 1.99. The van der Waals surface area contributed by atoms with Crippen molar-refractivity contribution in [2.24, 2.45) is 0 Å². The van der Waals surface area contributed by atoms with E-state index >= 15 is 0 Å². The first-order chi connectivity index (χ1) is 10.7. The van der Waals surface area contributed by atoms with Gasteiger partial charge in [-0.1, -0.05) is 24.3 Å². The molecular weight excluding hydrogens is 272 g/mol. The highest BCUT2D eigenvalue weighted by atomic mass is 16.1. The molecule has 3 nitrogen and oxygen atoms in total. The summed E-state index contributed by atoms with van der Waals surface area (Å²) in [5.41, 5.74) is 4.07. The summed E-state index contributed by atoms with van der Waals surface area (Å²) < 4.78 is 0. The van der Waals surface area contributed by atoms with Gasteiger partial charge in [-0.3, -0.25) is 4.79 Å². The van der Waals surface area contributed by atoms with E-state index in [1.165, 1.54) is 18.1 Å². The third-order valence-corrected chi connectivity index (χ3v) is 3.51. The van der Waals surface area contributed by atoms with Crippen LogP contribution in [0.25, 0.3) is 0 Å². The molecule has 0 fully saturated rings. The normalized spacial score (nSPS) is 10.0. The van der Waals surface area contributed by atoms with Crippen LogP contribution in [0.15, 0.2) is 48.5 Å². The fraction of sp³-hybridized carbons (Fsp3) is 0.263. The Morgan fingerprint density at radius 3 is 2.36 bits per heavy atom. The summed E-state index contributed by atoms with van der Waals surface area (Å²) in [6, 6.07) is 18.0. The number of rotatable bonds is 6. The number of hydrogen-bond acceptors (Lipinski definition) is 2. The van der Waals surface area contributed by atoms with Crippen LogP contribution in [0.1, 0.15) is 36.5 Å². The van der Waals surface area contributed by atoms with Crippen molar-refractivity contribution < 1.29 is 4.79 Å². The maximum Gasteiger partial charge on any atom is 0.221 e. The lowest BCUT2D eigenvalue weighted by molar-refractivity contribution is -0.114. The number of carbonyl (C=O) groups is 1. The summed E-state index contributed by atoms with van der Waals surface area (Å²) in [5, 5.41) is 11.6. The average molecular weight is 292 g/mol. The highest BCUT2D eigenvalue weighted by Crippen LogP contribution is 2.13. The molecule has 0 saturated heterocycles. The molecular formula is C19H20N2O. The van der Waals surface area contributed by atoms with Crippen LogP contribution in [-0.4, -0.2) is 5.91 Å². The van der Waals surface area contributed by atoms with Crippen molar-refractivity contribution in [3.63, 3.8) is 0 Å². The van der Waals surface area contributed by atoms with E-state index in [4.69, 9.17) is 5.26 Å². The van der Waals surface area contributed by atoms with E-state index in [1.807, 2.05) is 30.3 Å². The van der Waals surface area contributed by atoms with Crippen molar-refractivity contribution in [1.82, 2.24) is 0 Å². The number of carbonyl (C=O) groups excluding carboxylic acids is 1. The van der Waals surface area contributed by atoms with E-state index in [-0.39, 0.29) is 5.91 Å². The zero-order valence-corrected chi connectivity index (χ0v) is 12.8. The van der Waals surface area contributed by atoms with Crippen LogP contribution in [0, 0.1) is 11.3 Å². The number of benzene rings is 2. The number of amides is 1. The van der Waals surface area contributed by atoms with E-state index < -0.39 is 0 Å². The third-order valence-electron chi connectivity index (χ3n) is 3.51. The van der Waals surface area contributed by atoms with Crippen molar-refractivity contribution >= 4 is 11.6 Å². The second-order valence-corrected chi connectivity index (χ2v) is 5.40. The molecule has 2 rings (SSSR count). The minimum atomic E-state index is -0.0488. The Labute approximate surface area is 131 Å². The monoisotopic (exact) mass is 292 g/mol. The molecule has 0 bridgehead atoms. The summed E-state index contributed by atoms with van der Waals surface area (Å²) in [5.74, 6) is -0.0488. The first kappa shape index (κ1) is 15.8. The van der Waals surface area contributed by atoms with Crippen LogP contribution in [-0.2, 0) is 17.6 Å². The predicted molar refractivity (Wildman–Crippen MR) is 88.5 cm³/mol. The number of nitrogens with zero attached hydrogens (tertiary/aromatic N) is 1. The molecule has 1 amide bonds. The second-order valence-electron chi connectivity index (χ2n) is 5.40. The van der Waals surface area contributed by atoms with Crippen molar-refractivity contribution in [3.05, 3.63) is 65.2 Å². The largest absolute Gasteiger partial charge is 0.326 e. The number of hydrogen-bond donors (Lipinski definition) is 1. The van der Waals surface area contributed by atoms with Gasteiger partial charge in [0.2, 0.25) is 5.91 Å². The van der Waals surface area contributed by atoms with Crippen molar-refractivity contribution in [1.29, 1.82) is 5.26 Å². The SMILES string of the molecule is CC(=O)Nc1ccc(CCCCc2cccc(C#N)c2)cc1. The summed E-state index contributed by atoms with van der Waals surface area (Å²) in [7, 11) is 0. The predicted octanol–water partition coefficient (Wildman–Crippen LogP) is 4.08. The van der Waals surface area contributed by atoms with E-state index in [2.05, 4.69) is 29.6 Å². The van der Waals surface area contributed by atoms with E-state index in [9.17, 15) is 4.79 Å². The second kappa shape index (κ2) is 7.99. The summed E-state index contributed by atoms with van der Waals surface area (Å²) >= 11 is 0. The fourth-order valence-electron chi connectivity index (χ4n) is 2.41. The molecule has 0 unspecified atom stereocenters. The van der Waals surface area contributed by atoms with Gasteiger partial charge < -0.3 is 5.32 Å². The van der Waals surface area contributed by atoms with Gasteiger partial charge in [-0.15, -0.1) is 0 Å². The van der Waals surface area contributed by atoms with Gasteiger partial charge in [-0.05, 0) is 61.1 Å². The van der Waals surface area contributed by atoms with Gasteiger partial charge >= 0.3 is 0 Å². The molecule has 0 radical (unpaired) electrons.